The van der Waals surface area contributed by atoms with E-state index in [1.807, 2.05) is 24.4 Å². The van der Waals surface area contributed by atoms with E-state index in [2.05, 4.69) is 50.2 Å². The number of benzene rings is 1. The maximum Gasteiger partial charge on any atom is 0.226 e. The number of hydrogen-bond acceptors (Lipinski definition) is 4. The second kappa shape index (κ2) is 7.17. The number of rotatable bonds is 2. The van der Waals surface area contributed by atoms with E-state index in [9.17, 15) is 4.79 Å². The van der Waals surface area contributed by atoms with E-state index in [4.69, 9.17) is 0 Å². The molecule has 0 radical (unpaired) electrons. The fourth-order valence-electron chi connectivity index (χ4n) is 4.72. The Morgan fingerprint density at radius 3 is 2.55 bits per heavy atom. The van der Waals surface area contributed by atoms with Crippen molar-refractivity contribution >= 4 is 17.4 Å². The molecule has 1 amide bonds. The molecule has 2 aromatic heterocycles. The Morgan fingerprint density at radius 2 is 1.76 bits per heavy atom. The van der Waals surface area contributed by atoms with Crippen LogP contribution >= 0.6 is 0 Å². The summed E-state index contributed by atoms with van der Waals surface area (Å²) in [6.45, 7) is 7.36. The van der Waals surface area contributed by atoms with Crippen molar-refractivity contribution in [2.75, 3.05) is 24.5 Å². The summed E-state index contributed by atoms with van der Waals surface area (Å²) < 4.78 is 1.94. The molecular weight excluding hydrogens is 362 g/mol. The highest BCUT2D eigenvalue weighted by Crippen LogP contribution is 2.28. The molecule has 29 heavy (non-hydrogen) atoms. The number of aromatic nitrogens is 3. The molecular formula is C23H27N5O. The predicted octanol–water partition coefficient (Wildman–Crippen LogP) is 3.15. The van der Waals surface area contributed by atoms with E-state index < -0.39 is 0 Å². The zero-order valence-electron chi connectivity index (χ0n) is 17.1. The maximum atomic E-state index is 13.2. The Morgan fingerprint density at radius 1 is 1.00 bits per heavy atom. The molecule has 150 valence electrons. The molecule has 6 heteroatoms. The van der Waals surface area contributed by atoms with Crippen molar-refractivity contribution in [1.82, 2.24) is 19.5 Å². The summed E-state index contributed by atoms with van der Waals surface area (Å²) in [5.41, 5.74) is 5.55. The fraction of sp³-hybridized carbons (Fsp3) is 0.435. The largest absolute Gasteiger partial charge is 0.356 e. The first-order valence-electron chi connectivity index (χ1n) is 10.5. The molecule has 1 fully saturated rings. The van der Waals surface area contributed by atoms with Crippen molar-refractivity contribution in [2.45, 2.75) is 39.7 Å². The van der Waals surface area contributed by atoms with Crippen molar-refractivity contribution in [1.29, 1.82) is 0 Å². The van der Waals surface area contributed by atoms with Crippen LogP contribution in [-0.2, 0) is 17.8 Å². The van der Waals surface area contributed by atoms with Crippen molar-refractivity contribution < 1.29 is 4.79 Å². The first kappa shape index (κ1) is 18.2. The summed E-state index contributed by atoms with van der Waals surface area (Å²) in [6, 6.07) is 12.6. The van der Waals surface area contributed by atoms with Crippen LogP contribution in [0.2, 0.25) is 0 Å². The molecule has 2 aliphatic heterocycles. The Labute approximate surface area is 171 Å². The van der Waals surface area contributed by atoms with Crippen molar-refractivity contribution in [3.05, 3.63) is 58.9 Å². The molecule has 0 aliphatic carbocycles. The molecule has 1 saturated heterocycles. The van der Waals surface area contributed by atoms with E-state index >= 15 is 0 Å². The van der Waals surface area contributed by atoms with Gasteiger partial charge in [0.2, 0.25) is 5.91 Å². The van der Waals surface area contributed by atoms with Crippen LogP contribution in [0.4, 0.5) is 5.82 Å². The van der Waals surface area contributed by atoms with E-state index in [1.54, 1.807) is 0 Å². The van der Waals surface area contributed by atoms with Crippen LogP contribution in [0.15, 0.2) is 36.4 Å². The van der Waals surface area contributed by atoms with Crippen LogP contribution < -0.4 is 4.90 Å². The number of anilines is 1. The number of fused-ring (bicyclic) bond motifs is 2. The summed E-state index contributed by atoms with van der Waals surface area (Å²) >= 11 is 0. The molecule has 0 spiro atoms. The van der Waals surface area contributed by atoms with Crippen LogP contribution in [0.3, 0.4) is 0 Å². The molecule has 4 heterocycles. The van der Waals surface area contributed by atoms with Gasteiger partial charge in [0, 0.05) is 49.9 Å². The number of carbonyl (C=O) groups excluding carboxylic acids is 1. The first-order valence-corrected chi connectivity index (χ1v) is 10.5. The summed E-state index contributed by atoms with van der Waals surface area (Å²) in [5, 5.41) is 4.62. The number of aryl methyl sites for hydroxylation is 2. The lowest BCUT2D eigenvalue weighted by Crippen LogP contribution is -2.44. The third-order valence-electron chi connectivity index (χ3n) is 6.27. The van der Waals surface area contributed by atoms with Crippen LogP contribution in [0.5, 0.6) is 0 Å². The van der Waals surface area contributed by atoms with Gasteiger partial charge in [-0.15, -0.1) is 0 Å². The van der Waals surface area contributed by atoms with Crippen molar-refractivity contribution in [3.8, 4) is 0 Å². The van der Waals surface area contributed by atoms with E-state index in [0.29, 0.717) is 5.91 Å². The Bertz CT molecular complexity index is 1060. The van der Waals surface area contributed by atoms with Gasteiger partial charge in [0.15, 0.2) is 5.65 Å². The molecule has 5 rings (SSSR count). The van der Waals surface area contributed by atoms with Gasteiger partial charge in [-0.05, 0) is 44.2 Å². The lowest BCUT2D eigenvalue weighted by Gasteiger charge is -2.37. The monoisotopic (exact) mass is 389 g/mol. The van der Waals surface area contributed by atoms with Crippen molar-refractivity contribution in [3.63, 3.8) is 0 Å². The van der Waals surface area contributed by atoms with Gasteiger partial charge in [0.1, 0.15) is 5.82 Å². The zero-order valence-corrected chi connectivity index (χ0v) is 17.1. The van der Waals surface area contributed by atoms with Crippen LogP contribution in [0.25, 0.3) is 5.65 Å². The summed E-state index contributed by atoms with van der Waals surface area (Å²) in [7, 11) is 0. The number of piperidine rings is 1. The van der Waals surface area contributed by atoms with Gasteiger partial charge in [-0.3, -0.25) is 4.79 Å². The molecule has 0 bridgehead atoms. The third kappa shape index (κ3) is 3.37. The minimum atomic E-state index is 0.120. The summed E-state index contributed by atoms with van der Waals surface area (Å²) in [4.78, 5) is 22.2. The van der Waals surface area contributed by atoms with Crippen LogP contribution in [0.1, 0.15) is 35.4 Å². The molecule has 6 nitrogen and oxygen atoms in total. The number of carbonyl (C=O) groups is 1. The standard InChI is InChI=1S/C23H27N5O/c1-16-14-22(28-21(24-16)13-17(2)25-28)26-10-8-19(9-11-26)23(29)27-12-7-18-5-3-4-6-20(18)15-27/h3-6,13-14,19H,7-12,15H2,1-2H3. The van der Waals surface area contributed by atoms with Gasteiger partial charge in [-0.1, -0.05) is 24.3 Å². The average Bonchev–Trinajstić information content (AvgIpc) is 3.12. The second-order valence-corrected chi connectivity index (χ2v) is 8.35. The molecule has 0 N–H and O–H groups in total. The SMILES string of the molecule is Cc1cc(N2CCC(C(=O)N3CCc4ccccc4C3)CC2)n2nc(C)cc2n1. The molecule has 0 unspecified atom stereocenters. The molecule has 1 aromatic carbocycles. The van der Waals surface area contributed by atoms with Gasteiger partial charge in [0.25, 0.3) is 0 Å². The fourth-order valence-corrected chi connectivity index (χ4v) is 4.72. The van der Waals surface area contributed by atoms with Gasteiger partial charge >= 0.3 is 0 Å². The van der Waals surface area contributed by atoms with E-state index in [0.717, 1.165) is 68.3 Å². The maximum absolute atomic E-state index is 13.2. The van der Waals surface area contributed by atoms with Crippen LogP contribution in [0, 0.1) is 19.8 Å². The average molecular weight is 390 g/mol. The molecule has 0 atom stereocenters. The molecule has 0 saturated carbocycles. The first-order chi connectivity index (χ1) is 14.1. The smallest absolute Gasteiger partial charge is 0.226 e. The van der Waals surface area contributed by atoms with Gasteiger partial charge in [-0.2, -0.15) is 9.61 Å². The lowest BCUT2D eigenvalue weighted by atomic mass is 9.93. The highest BCUT2D eigenvalue weighted by molar-refractivity contribution is 5.79. The highest BCUT2D eigenvalue weighted by Gasteiger charge is 2.31. The summed E-state index contributed by atoms with van der Waals surface area (Å²) in [6.07, 6.45) is 2.74. The second-order valence-electron chi connectivity index (χ2n) is 8.35. The highest BCUT2D eigenvalue weighted by atomic mass is 16.2. The topological polar surface area (TPSA) is 53.7 Å². The normalized spacial score (nSPS) is 17.6. The minimum Gasteiger partial charge on any atom is -0.356 e. The molecule has 3 aromatic rings. The molecule has 2 aliphatic rings. The zero-order chi connectivity index (χ0) is 20.0. The number of amides is 1. The predicted molar refractivity (Wildman–Crippen MR) is 113 cm³/mol. The minimum absolute atomic E-state index is 0.120. The van der Waals surface area contributed by atoms with E-state index in [-0.39, 0.29) is 5.92 Å². The Balaban J connectivity index is 1.28. The van der Waals surface area contributed by atoms with Crippen LogP contribution in [-0.4, -0.2) is 45.0 Å². The van der Waals surface area contributed by atoms with Crippen molar-refractivity contribution in [2.24, 2.45) is 5.92 Å². The quantitative estimate of drug-likeness (QED) is 0.676. The van der Waals surface area contributed by atoms with Gasteiger partial charge in [0.05, 0.1) is 5.69 Å². The number of hydrogen-bond donors (Lipinski definition) is 0. The summed E-state index contributed by atoms with van der Waals surface area (Å²) in [5.74, 6) is 1.53. The van der Waals surface area contributed by atoms with E-state index in [1.165, 1.54) is 11.1 Å². The number of nitrogens with zero attached hydrogens (tertiary/aromatic N) is 5. The Hall–Kier alpha value is -2.89. The van der Waals surface area contributed by atoms with Gasteiger partial charge in [-0.25, -0.2) is 4.98 Å². The third-order valence-corrected chi connectivity index (χ3v) is 6.27. The lowest BCUT2D eigenvalue weighted by molar-refractivity contribution is -0.137. The van der Waals surface area contributed by atoms with Gasteiger partial charge < -0.3 is 9.80 Å². The Kier molecular flexibility index (Phi) is 4.49.